The van der Waals surface area contributed by atoms with Gasteiger partial charge in [-0.2, -0.15) is 5.10 Å². The van der Waals surface area contributed by atoms with Gasteiger partial charge in [0.15, 0.2) is 9.84 Å². The number of aryl methyl sites for hydroxylation is 2. The first-order valence-corrected chi connectivity index (χ1v) is 8.29. The third kappa shape index (κ3) is 3.92. The molecule has 0 spiro atoms. The number of nitrogens with one attached hydrogen (secondary N) is 1. The maximum atomic E-state index is 11.4. The van der Waals surface area contributed by atoms with Crippen molar-refractivity contribution in [1.82, 2.24) is 9.78 Å². The number of anilines is 1. The quantitative estimate of drug-likeness (QED) is 0.570. The lowest BCUT2D eigenvalue weighted by molar-refractivity contribution is -0.384. The molecule has 1 rings (SSSR count). The highest BCUT2D eigenvalue weighted by Gasteiger charge is 2.26. The lowest BCUT2D eigenvalue weighted by Gasteiger charge is -2.06. The van der Waals surface area contributed by atoms with Gasteiger partial charge in [0, 0.05) is 19.3 Å². The SMILES string of the molecule is CCCc1nn(C)c(NCCS(=O)(=O)CC)c1[N+](=O)[O-]. The molecule has 0 amide bonds. The Hall–Kier alpha value is -1.64. The summed E-state index contributed by atoms with van der Waals surface area (Å²) in [5.41, 5.74) is 0.351. The molecule has 0 fully saturated rings. The largest absolute Gasteiger partial charge is 0.364 e. The number of nitro groups is 1. The van der Waals surface area contributed by atoms with E-state index >= 15 is 0 Å². The summed E-state index contributed by atoms with van der Waals surface area (Å²) in [4.78, 5) is 10.7. The summed E-state index contributed by atoms with van der Waals surface area (Å²) in [6.07, 6.45) is 1.26. The van der Waals surface area contributed by atoms with Crippen LogP contribution >= 0.6 is 0 Å². The van der Waals surface area contributed by atoms with E-state index in [1.54, 1.807) is 14.0 Å². The van der Waals surface area contributed by atoms with Crippen LogP contribution in [0.2, 0.25) is 0 Å². The van der Waals surface area contributed by atoms with Crippen LogP contribution in [0.1, 0.15) is 26.0 Å². The molecule has 0 unspecified atom stereocenters. The van der Waals surface area contributed by atoms with Gasteiger partial charge in [0.2, 0.25) is 5.82 Å². The maximum Gasteiger partial charge on any atom is 0.333 e. The highest BCUT2D eigenvalue weighted by Crippen LogP contribution is 2.28. The van der Waals surface area contributed by atoms with E-state index in [2.05, 4.69) is 10.4 Å². The molecule has 0 aliphatic heterocycles. The number of hydrogen-bond donors (Lipinski definition) is 1. The van der Waals surface area contributed by atoms with Crippen molar-refractivity contribution < 1.29 is 13.3 Å². The monoisotopic (exact) mass is 304 g/mol. The highest BCUT2D eigenvalue weighted by molar-refractivity contribution is 7.91. The van der Waals surface area contributed by atoms with Gasteiger partial charge in [-0.1, -0.05) is 20.3 Å². The Balaban J connectivity index is 2.92. The number of nitrogens with zero attached hydrogens (tertiary/aromatic N) is 3. The highest BCUT2D eigenvalue weighted by atomic mass is 32.2. The van der Waals surface area contributed by atoms with Crippen molar-refractivity contribution in [3.05, 3.63) is 15.8 Å². The summed E-state index contributed by atoms with van der Waals surface area (Å²) in [5.74, 6) is 0.253. The molecule has 20 heavy (non-hydrogen) atoms. The molecule has 0 aliphatic rings. The zero-order valence-corrected chi connectivity index (χ0v) is 12.7. The van der Waals surface area contributed by atoms with Gasteiger partial charge in [0.25, 0.3) is 0 Å². The fourth-order valence-electron chi connectivity index (χ4n) is 1.83. The van der Waals surface area contributed by atoms with Crippen LogP contribution in [0.25, 0.3) is 0 Å². The Labute approximate surface area is 118 Å². The summed E-state index contributed by atoms with van der Waals surface area (Å²) >= 11 is 0. The van der Waals surface area contributed by atoms with E-state index in [0.717, 1.165) is 6.42 Å². The number of hydrogen-bond acceptors (Lipinski definition) is 6. The second-order valence-corrected chi connectivity index (χ2v) is 6.91. The lowest BCUT2D eigenvalue weighted by atomic mass is 10.2. The minimum absolute atomic E-state index is 0.0588. The van der Waals surface area contributed by atoms with Gasteiger partial charge in [-0.15, -0.1) is 0 Å². The second kappa shape index (κ2) is 6.69. The van der Waals surface area contributed by atoms with Gasteiger partial charge in [-0.25, -0.2) is 13.1 Å². The molecule has 0 radical (unpaired) electrons. The summed E-state index contributed by atoms with van der Waals surface area (Å²) in [6.45, 7) is 3.61. The third-order valence-corrected chi connectivity index (χ3v) is 4.61. The van der Waals surface area contributed by atoms with Crippen molar-refractivity contribution >= 4 is 21.3 Å². The first-order valence-electron chi connectivity index (χ1n) is 6.47. The van der Waals surface area contributed by atoms with Crippen LogP contribution in [0, 0.1) is 10.1 Å². The number of rotatable bonds is 8. The summed E-state index contributed by atoms with van der Waals surface area (Å²) in [7, 11) is -1.50. The fraction of sp³-hybridized carbons (Fsp3) is 0.727. The van der Waals surface area contributed by atoms with Crippen molar-refractivity contribution in [1.29, 1.82) is 0 Å². The van der Waals surface area contributed by atoms with Gasteiger partial charge in [-0.3, -0.25) is 10.1 Å². The molecular formula is C11H20N4O4S. The molecular weight excluding hydrogens is 284 g/mol. The Kier molecular flexibility index (Phi) is 5.49. The molecule has 8 nitrogen and oxygen atoms in total. The van der Waals surface area contributed by atoms with Gasteiger partial charge < -0.3 is 5.32 Å². The van der Waals surface area contributed by atoms with Crippen LogP contribution in [0.4, 0.5) is 11.5 Å². The van der Waals surface area contributed by atoms with Crippen LogP contribution in [0.5, 0.6) is 0 Å². The second-order valence-electron chi connectivity index (χ2n) is 4.44. The molecule has 9 heteroatoms. The molecule has 114 valence electrons. The minimum atomic E-state index is -3.10. The van der Waals surface area contributed by atoms with Crippen molar-refractivity contribution in [2.24, 2.45) is 7.05 Å². The fourth-order valence-corrected chi connectivity index (χ4v) is 2.53. The molecule has 1 N–H and O–H groups in total. The Morgan fingerprint density at radius 1 is 1.40 bits per heavy atom. The normalized spacial score (nSPS) is 11.6. The number of sulfone groups is 1. The zero-order valence-electron chi connectivity index (χ0n) is 11.9. The maximum absolute atomic E-state index is 11.4. The summed E-state index contributed by atoms with van der Waals surface area (Å²) in [5, 5.41) is 18.1. The van der Waals surface area contributed by atoms with E-state index < -0.39 is 14.8 Å². The molecule has 0 atom stereocenters. The van der Waals surface area contributed by atoms with Crippen molar-refractivity contribution in [2.75, 3.05) is 23.4 Å². The van der Waals surface area contributed by atoms with Crippen LogP contribution in [0.3, 0.4) is 0 Å². The molecule has 0 aliphatic carbocycles. The summed E-state index contributed by atoms with van der Waals surface area (Å²) in [6, 6.07) is 0. The molecule has 1 heterocycles. The smallest absolute Gasteiger partial charge is 0.333 e. The third-order valence-electron chi connectivity index (χ3n) is 2.91. The topological polar surface area (TPSA) is 107 Å². The van der Waals surface area contributed by atoms with Gasteiger partial charge in [-0.05, 0) is 6.42 Å². The molecule has 1 aromatic heterocycles. The van der Waals surface area contributed by atoms with Crippen molar-refractivity contribution in [2.45, 2.75) is 26.7 Å². The Morgan fingerprint density at radius 2 is 2.05 bits per heavy atom. The minimum Gasteiger partial charge on any atom is -0.364 e. The average Bonchev–Trinajstić information content (AvgIpc) is 2.66. The standard InChI is InChI=1S/C11H20N4O4S/c1-4-6-9-10(15(16)17)11(14(3)13-9)12-7-8-20(18,19)5-2/h12H,4-8H2,1-3H3. The Morgan fingerprint density at radius 3 is 2.55 bits per heavy atom. The van der Waals surface area contributed by atoms with E-state index in [1.807, 2.05) is 6.92 Å². The molecule has 0 bridgehead atoms. The number of aromatic nitrogens is 2. The van der Waals surface area contributed by atoms with Gasteiger partial charge in [0.1, 0.15) is 5.69 Å². The van der Waals surface area contributed by atoms with E-state index in [-0.39, 0.29) is 29.6 Å². The van der Waals surface area contributed by atoms with E-state index in [1.165, 1.54) is 4.68 Å². The van der Waals surface area contributed by atoms with Crippen molar-refractivity contribution in [3.63, 3.8) is 0 Å². The van der Waals surface area contributed by atoms with Gasteiger partial charge >= 0.3 is 5.69 Å². The van der Waals surface area contributed by atoms with Crippen LogP contribution < -0.4 is 5.32 Å². The van der Waals surface area contributed by atoms with Crippen LogP contribution in [0.15, 0.2) is 0 Å². The van der Waals surface area contributed by atoms with E-state index in [9.17, 15) is 18.5 Å². The van der Waals surface area contributed by atoms with Crippen LogP contribution in [-0.2, 0) is 23.3 Å². The molecule has 1 aromatic rings. The van der Waals surface area contributed by atoms with E-state index in [4.69, 9.17) is 0 Å². The average molecular weight is 304 g/mol. The summed E-state index contributed by atoms with van der Waals surface area (Å²) < 4.78 is 24.2. The first kappa shape index (κ1) is 16.4. The predicted octanol–water partition coefficient (Wildman–Crippen LogP) is 1.13. The van der Waals surface area contributed by atoms with E-state index in [0.29, 0.717) is 12.1 Å². The first-order chi connectivity index (χ1) is 9.32. The van der Waals surface area contributed by atoms with Gasteiger partial charge in [0.05, 0.1) is 10.7 Å². The molecule has 0 aromatic carbocycles. The Bertz CT molecular complexity index is 579. The predicted molar refractivity (Wildman–Crippen MR) is 76.7 cm³/mol. The zero-order chi connectivity index (χ0) is 15.3. The van der Waals surface area contributed by atoms with Crippen molar-refractivity contribution in [3.8, 4) is 0 Å². The molecule has 0 saturated carbocycles. The lowest BCUT2D eigenvalue weighted by Crippen LogP contribution is -2.18. The molecule has 0 saturated heterocycles. The van der Waals surface area contributed by atoms with Crippen LogP contribution in [-0.4, -0.2) is 41.2 Å².